The number of carboxylic acids is 1. The first-order valence-corrected chi connectivity index (χ1v) is 11.3. The Morgan fingerprint density at radius 3 is 2.43 bits per heavy atom. The van der Waals surface area contributed by atoms with Gasteiger partial charge in [-0.3, -0.25) is 9.78 Å². The summed E-state index contributed by atoms with van der Waals surface area (Å²) in [6, 6.07) is 3.54. The lowest BCUT2D eigenvalue weighted by Gasteiger charge is -2.16. The van der Waals surface area contributed by atoms with Crippen molar-refractivity contribution < 1.29 is 27.5 Å². The monoisotopic (exact) mass is 510 g/mol. The highest BCUT2D eigenvalue weighted by atomic mass is 19.4. The van der Waals surface area contributed by atoms with Crippen LogP contribution < -0.4 is 5.32 Å². The highest BCUT2D eigenvalue weighted by molar-refractivity contribution is 5.92. The van der Waals surface area contributed by atoms with E-state index in [0.29, 0.717) is 52.9 Å². The number of anilines is 1. The number of fused-ring (bicyclic) bond motifs is 3. The van der Waals surface area contributed by atoms with Gasteiger partial charge in [-0.15, -0.1) is 0 Å². The molecule has 4 aromatic rings. The fraction of sp³-hybridized carbons (Fsp3) is 0.240. The van der Waals surface area contributed by atoms with Gasteiger partial charge in [-0.25, -0.2) is 19.0 Å². The number of pyridine rings is 1. The third-order valence-corrected chi connectivity index (χ3v) is 6.89. The largest absolute Gasteiger partial charge is 0.480 e. The predicted molar refractivity (Wildman–Crippen MR) is 124 cm³/mol. The van der Waals surface area contributed by atoms with E-state index in [9.17, 15) is 27.5 Å². The lowest BCUT2D eigenvalue weighted by Crippen LogP contribution is -2.22. The molecule has 0 atom stereocenters. The Balaban J connectivity index is 1.57. The van der Waals surface area contributed by atoms with Crippen molar-refractivity contribution in [3.05, 3.63) is 71.6 Å². The van der Waals surface area contributed by atoms with E-state index in [2.05, 4.69) is 25.4 Å². The molecule has 2 N–H and O–H groups in total. The number of nitrogens with zero attached hydrogens (tertiary/aromatic N) is 5. The quantitative estimate of drug-likeness (QED) is 0.333. The summed E-state index contributed by atoms with van der Waals surface area (Å²) < 4.78 is 55.9. The molecule has 12 heteroatoms. The van der Waals surface area contributed by atoms with Crippen LogP contribution >= 0.6 is 0 Å². The van der Waals surface area contributed by atoms with Crippen molar-refractivity contribution in [3.63, 3.8) is 0 Å². The zero-order chi connectivity index (χ0) is 26.1. The average molecular weight is 510 g/mol. The molecule has 0 aliphatic heterocycles. The Hall–Kier alpha value is -4.35. The number of carbonyl (C=O) groups is 1. The Morgan fingerprint density at radius 1 is 1.11 bits per heavy atom. The topological polar surface area (TPSA) is 106 Å². The Kier molecular flexibility index (Phi) is 4.88. The molecule has 0 saturated heterocycles. The van der Waals surface area contributed by atoms with Crippen molar-refractivity contribution >= 4 is 11.7 Å². The van der Waals surface area contributed by atoms with Gasteiger partial charge in [-0.1, -0.05) is 0 Å². The summed E-state index contributed by atoms with van der Waals surface area (Å²) in [4.78, 5) is 24.7. The number of alkyl halides is 3. The van der Waals surface area contributed by atoms with Crippen LogP contribution in [-0.4, -0.2) is 42.9 Å². The molecule has 0 bridgehead atoms. The molecule has 1 saturated carbocycles. The van der Waals surface area contributed by atoms with Crippen LogP contribution in [0.2, 0.25) is 0 Å². The Morgan fingerprint density at radius 2 is 1.84 bits per heavy atom. The molecule has 6 rings (SSSR count). The minimum atomic E-state index is -4.66. The van der Waals surface area contributed by atoms with Gasteiger partial charge in [0.25, 0.3) is 0 Å². The lowest BCUT2D eigenvalue weighted by molar-refractivity contribution is -0.141. The van der Waals surface area contributed by atoms with Gasteiger partial charge in [0, 0.05) is 60.6 Å². The van der Waals surface area contributed by atoms with Crippen LogP contribution in [0.1, 0.15) is 35.6 Å². The van der Waals surface area contributed by atoms with Gasteiger partial charge in [-0.2, -0.15) is 18.3 Å². The second-order valence-electron chi connectivity index (χ2n) is 9.07. The molecule has 3 heterocycles. The first-order valence-electron chi connectivity index (χ1n) is 11.3. The van der Waals surface area contributed by atoms with Crippen molar-refractivity contribution in [2.24, 2.45) is 0 Å². The molecule has 0 spiro atoms. The molecule has 8 nitrogen and oxygen atoms in total. The summed E-state index contributed by atoms with van der Waals surface area (Å²) in [5.74, 6) is -1.35. The van der Waals surface area contributed by atoms with Gasteiger partial charge < -0.3 is 10.4 Å². The van der Waals surface area contributed by atoms with E-state index in [0.717, 1.165) is 16.3 Å². The first kappa shape index (κ1) is 23.1. The number of carboxylic acid groups (broad SMARTS) is 1. The first-order chi connectivity index (χ1) is 17.6. The van der Waals surface area contributed by atoms with Crippen molar-refractivity contribution in [2.45, 2.75) is 30.9 Å². The summed E-state index contributed by atoms with van der Waals surface area (Å²) in [7, 11) is 1.66. The molecule has 1 fully saturated rings. The number of hydrogen-bond donors (Lipinski definition) is 2. The van der Waals surface area contributed by atoms with Gasteiger partial charge in [-0.05, 0) is 42.2 Å². The van der Waals surface area contributed by atoms with Crippen LogP contribution in [0.5, 0.6) is 0 Å². The lowest BCUT2D eigenvalue weighted by atomic mass is 9.99. The summed E-state index contributed by atoms with van der Waals surface area (Å²) in [5.41, 5.74) is 1.65. The predicted octanol–water partition coefficient (Wildman–Crippen LogP) is 4.61. The summed E-state index contributed by atoms with van der Waals surface area (Å²) in [6.45, 7) is 0. The Bertz CT molecular complexity index is 1580. The normalized spacial score (nSPS) is 15.3. The molecular formula is C25H18F4N6O2. The maximum absolute atomic E-state index is 14.5. The number of benzene rings is 1. The van der Waals surface area contributed by atoms with E-state index in [4.69, 9.17) is 0 Å². The van der Waals surface area contributed by atoms with Crippen molar-refractivity contribution in [2.75, 3.05) is 12.4 Å². The molecule has 1 aromatic carbocycles. The van der Waals surface area contributed by atoms with E-state index in [1.54, 1.807) is 7.05 Å². The van der Waals surface area contributed by atoms with Crippen molar-refractivity contribution in [1.82, 2.24) is 24.7 Å². The third-order valence-electron chi connectivity index (χ3n) is 6.89. The molecule has 0 unspecified atom stereocenters. The highest BCUT2D eigenvalue weighted by Gasteiger charge is 2.54. The van der Waals surface area contributed by atoms with Gasteiger partial charge in [0.1, 0.15) is 17.1 Å². The van der Waals surface area contributed by atoms with Crippen molar-refractivity contribution in [1.29, 1.82) is 0 Å². The SMILES string of the molecule is CNc1cc(F)cc2c1Cc1ncc(-c3cnc(C4(C(=O)O)CC4)nc3)c(-n3ccc(C(F)(F)F)n3)c1-2. The van der Waals surface area contributed by atoms with Gasteiger partial charge in [0.05, 0.1) is 11.4 Å². The maximum Gasteiger partial charge on any atom is 0.435 e. The molecule has 0 radical (unpaired) electrons. The standard InChI is InChI=1S/C25H18F4N6O2/c1-30-17-7-13(26)6-15-14(17)8-18-20(15)21(35-5-2-19(34-35)25(27,28)29)16(11-31-18)12-9-32-22(33-10-12)24(3-4-24)23(36)37/h2,5-7,9-11,30H,3-4,8H2,1H3,(H,36,37). The Labute approximate surface area is 207 Å². The summed E-state index contributed by atoms with van der Waals surface area (Å²) in [5, 5.41) is 16.3. The fourth-order valence-corrected chi connectivity index (χ4v) is 4.82. The van der Waals surface area contributed by atoms with E-state index in [1.165, 1.54) is 36.9 Å². The number of nitrogens with one attached hydrogen (secondary N) is 1. The maximum atomic E-state index is 14.5. The fourth-order valence-electron chi connectivity index (χ4n) is 4.82. The second kappa shape index (κ2) is 7.82. The summed E-state index contributed by atoms with van der Waals surface area (Å²) in [6.07, 6.45) is 2.07. The number of aromatic nitrogens is 5. The van der Waals surface area contributed by atoms with E-state index in [-0.39, 0.29) is 11.5 Å². The summed E-state index contributed by atoms with van der Waals surface area (Å²) >= 11 is 0. The highest BCUT2D eigenvalue weighted by Crippen LogP contribution is 2.48. The smallest absolute Gasteiger partial charge is 0.435 e. The number of aliphatic carboxylic acids is 1. The number of hydrogen-bond acceptors (Lipinski definition) is 6. The average Bonchev–Trinajstić information content (AvgIpc) is 3.37. The minimum absolute atomic E-state index is 0.170. The van der Waals surface area contributed by atoms with Gasteiger partial charge in [0.15, 0.2) is 5.69 Å². The van der Waals surface area contributed by atoms with Gasteiger partial charge in [0.2, 0.25) is 0 Å². The molecule has 37 heavy (non-hydrogen) atoms. The number of halogens is 4. The molecule has 2 aliphatic carbocycles. The van der Waals surface area contributed by atoms with Crippen molar-refractivity contribution in [3.8, 4) is 27.9 Å². The van der Waals surface area contributed by atoms with E-state index < -0.39 is 29.1 Å². The van der Waals surface area contributed by atoms with Crippen LogP contribution in [0.25, 0.3) is 27.9 Å². The molecule has 3 aromatic heterocycles. The van der Waals surface area contributed by atoms with Crippen LogP contribution in [-0.2, 0) is 22.8 Å². The van der Waals surface area contributed by atoms with E-state index >= 15 is 0 Å². The zero-order valence-corrected chi connectivity index (χ0v) is 19.3. The molecule has 188 valence electrons. The second-order valence-corrected chi connectivity index (χ2v) is 9.07. The number of rotatable bonds is 5. The van der Waals surface area contributed by atoms with Gasteiger partial charge >= 0.3 is 12.1 Å². The third kappa shape index (κ3) is 3.54. The van der Waals surface area contributed by atoms with Crippen LogP contribution in [0.3, 0.4) is 0 Å². The molecule has 2 aliphatic rings. The van der Waals surface area contributed by atoms with Crippen LogP contribution in [0, 0.1) is 5.82 Å². The minimum Gasteiger partial charge on any atom is -0.480 e. The van der Waals surface area contributed by atoms with Crippen LogP contribution in [0.4, 0.5) is 23.2 Å². The molecular weight excluding hydrogens is 492 g/mol. The van der Waals surface area contributed by atoms with E-state index in [1.807, 2.05) is 0 Å². The van der Waals surface area contributed by atoms with Crippen LogP contribution in [0.15, 0.2) is 43.0 Å². The zero-order valence-electron chi connectivity index (χ0n) is 19.3. The molecule has 0 amide bonds.